The van der Waals surface area contributed by atoms with Crippen LogP contribution in [0.4, 0.5) is 13.2 Å². The lowest BCUT2D eigenvalue weighted by atomic mass is 9.79. The zero-order valence-electron chi connectivity index (χ0n) is 20.0. The van der Waals surface area contributed by atoms with Crippen LogP contribution < -0.4 is 0 Å². The van der Waals surface area contributed by atoms with Crippen molar-refractivity contribution in [2.24, 2.45) is 5.92 Å². The second-order valence-corrected chi connectivity index (χ2v) is 10.2. The van der Waals surface area contributed by atoms with Crippen LogP contribution in [-0.2, 0) is 11.0 Å². The normalized spacial score (nSPS) is 21.3. The van der Waals surface area contributed by atoms with Gasteiger partial charge < -0.3 is 10.0 Å². The molecule has 0 saturated carbocycles. The molecule has 3 atom stereocenters. The van der Waals surface area contributed by atoms with Crippen LogP contribution in [0.25, 0.3) is 0 Å². The Morgan fingerprint density at radius 3 is 2.51 bits per heavy atom. The first kappa shape index (κ1) is 25.6. The highest BCUT2D eigenvalue weighted by Crippen LogP contribution is 2.51. The number of allylic oxidation sites excluding steroid dienone is 1. The molecule has 1 N–H and O–H groups in total. The molecule has 0 saturated heterocycles. The van der Waals surface area contributed by atoms with E-state index in [1.807, 2.05) is 19.1 Å². The summed E-state index contributed by atoms with van der Waals surface area (Å²) in [5, 5.41) is 10.3. The maximum atomic E-state index is 13.2. The number of nitrogens with zero attached hydrogens (tertiary/aromatic N) is 1. The molecule has 0 radical (unpaired) electrons. The first-order valence-electron chi connectivity index (χ1n) is 12.2. The highest BCUT2D eigenvalue weighted by Gasteiger charge is 2.42. The molecule has 35 heavy (non-hydrogen) atoms. The van der Waals surface area contributed by atoms with Gasteiger partial charge in [0, 0.05) is 29.1 Å². The van der Waals surface area contributed by atoms with Crippen molar-refractivity contribution in [3.63, 3.8) is 0 Å². The Morgan fingerprint density at radius 1 is 1.20 bits per heavy atom. The van der Waals surface area contributed by atoms with Crippen molar-refractivity contribution in [2.45, 2.75) is 70.5 Å². The first-order valence-corrected chi connectivity index (χ1v) is 12.6. The minimum Gasteiger partial charge on any atom is -0.481 e. The molecule has 0 bridgehead atoms. The first-order chi connectivity index (χ1) is 16.6. The molecule has 0 fully saturated rings. The Morgan fingerprint density at radius 2 is 1.91 bits per heavy atom. The number of carboxylic acid groups (broad SMARTS) is 1. The van der Waals surface area contributed by atoms with E-state index < -0.39 is 17.7 Å². The Balaban J connectivity index is 1.78. The number of carboxylic acids is 1. The zero-order valence-corrected chi connectivity index (χ0v) is 20.8. The number of rotatable bonds is 7. The summed E-state index contributed by atoms with van der Waals surface area (Å²) in [5.41, 5.74) is 4.83. The third-order valence-corrected chi connectivity index (χ3v) is 7.65. The maximum absolute atomic E-state index is 13.2. The molecular formula is C28H31ClF3NO2. The summed E-state index contributed by atoms with van der Waals surface area (Å²) in [5.74, 6) is -0.799. The third-order valence-electron chi connectivity index (χ3n) is 7.41. The Labute approximate surface area is 209 Å². The van der Waals surface area contributed by atoms with Gasteiger partial charge in [-0.15, -0.1) is 0 Å². The van der Waals surface area contributed by atoms with Crippen LogP contribution in [0.2, 0.25) is 5.02 Å². The fourth-order valence-corrected chi connectivity index (χ4v) is 6.16. The van der Waals surface area contributed by atoms with Crippen LogP contribution in [0.15, 0.2) is 53.7 Å². The van der Waals surface area contributed by atoms with Crippen molar-refractivity contribution in [1.82, 2.24) is 4.90 Å². The number of aliphatic carboxylic acids is 1. The van der Waals surface area contributed by atoms with Gasteiger partial charge in [-0.3, -0.25) is 4.79 Å². The third kappa shape index (κ3) is 5.37. The summed E-state index contributed by atoms with van der Waals surface area (Å²) in [6.45, 7) is 4.80. The molecular weight excluding hydrogens is 475 g/mol. The molecule has 3 nitrogen and oxygen atoms in total. The summed E-state index contributed by atoms with van der Waals surface area (Å²) in [6.07, 6.45) is -0.0388. The Hall–Kier alpha value is -2.47. The molecule has 0 amide bonds. The number of halogens is 4. The lowest BCUT2D eigenvalue weighted by molar-refractivity contribution is -0.138. The van der Waals surface area contributed by atoms with Crippen molar-refractivity contribution < 1.29 is 23.1 Å². The molecule has 1 aliphatic carbocycles. The van der Waals surface area contributed by atoms with Gasteiger partial charge in [-0.05, 0) is 79.1 Å². The average molecular weight is 506 g/mol. The molecule has 1 heterocycles. The van der Waals surface area contributed by atoms with E-state index in [1.165, 1.54) is 11.1 Å². The molecule has 188 valence electrons. The quantitative estimate of drug-likeness (QED) is 0.413. The van der Waals surface area contributed by atoms with E-state index in [-0.39, 0.29) is 24.3 Å². The maximum Gasteiger partial charge on any atom is 0.416 e. The minimum atomic E-state index is -4.38. The lowest BCUT2D eigenvalue weighted by Gasteiger charge is -2.37. The topological polar surface area (TPSA) is 40.5 Å². The van der Waals surface area contributed by atoms with E-state index in [1.54, 1.807) is 12.1 Å². The molecule has 2 aromatic carbocycles. The van der Waals surface area contributed by atoms with Gasteiger partial charge in [0.25, 0.3) is 0 Å². The van der Waals surface area contributed by atoms with Gasteiger partial charge in [0.15, 0.2) is 0 Å². The summed E-state index contributed by atoms with van der Waals surface area (Å²) in [6, 6.07) is 11.3. The van der Waals surface area contributed by atoms with E-state index >= 15 is 0 Å². The van der Waals surface area contributed by atoms with Crippen LogP contribution >= 0.6 is 11.6 Å². The smallest absolute Gasteiger partial charge is 0.416 e. The van der Waals surface area contributed by atoms with E-state index in [4.69, 9.17) is 11.6 Å². The van der Waals surface area contributed by atoms with Crippen molar-refractivity contribution in [3.8, 4) is 0 Å². The van der Waals surface area contributed by atoms with Gasteiger partial charge >= 0.3 is 12.1 Å². The summed E-state index contributed by atoms with van der Waals surface area (Å²) in [4.78, 5) is 14.1. The molecule has 0 spiro atoms. The second-order valence-electron chi connectivity index (χ2n) is 9.73. The van der Waals surface area contributed by atoms with Crippen molar-refractivity contribution in [2.75, 3.05) is 6.54 Å². The van der Waals surface area contributed by atoms with E-state index in [0.29, 0.717) is 11.6 Å². The van der Waals surface area contributed by atoms with Crippen LogP contribution in [0.3, 0.4) is 0 Å². The summed E-state index contributed by atoms with van der Waals surface area (Å²) < 4.78 is 39.6. The second kappa shape index (κ2) is 10.3. The van der Waals surface area contributed by atoms with Crippen molar-refractivity contribution in [3.05, 3.63) is 81.0 Å². The summed E-state index contributed by atoms with van der Waals surface area (Å²) >= 11 is 6.22. The highest BCUT2D eigenvalue weighted by molar-refractivity contribution is 6.30. The van der Waals surface area contributed by atoms with Crippen LogP contribution in [0.1, 0.15) is 79.7 Å². The molecule has 3 unspecified atom stereocenters. The minimum absolute atomic E-state index is 0.0630. The number of hydrogen-bond acceptors (Lipinski definition) is 2. The fourth-order valence-electron chi connectivity index (χ4n) is 5.93. The molecule has 2 aliphatic rings. The predicted molar refractivity (Wildman–Crippen MR) is 131 cm³/mol. The molecule has 7 heteroatoms. The van der Waals surface area contributed by atoms with Crippen molar-refractivity contribution >= 4 is 17.6 Å². The summed E-state index contributed by atoms with van der Waals surface area (Å²) in [7, 11) is 0. The van der Waals surface area contributed by atoms with E-state index in [0.717, 1.165) is 61.1 Å². The highest BCUT2D eigenvalue weighted by atomic mass is 35.5. The lowest BCUT2D eigenvalue weighted by Crippen LogP contribution is -2.31. The number of aryl methyl sites for hydroxylation is 1. The SMILES string of the molecule is CCCC(c1ccc(C(F)(F)F)cc1)N1CC(c2ccc(Cl)cc2C)C2=C1C(CC(=O)O)CCC2. The van der Waals surface area contributed by atoms with E-state index in [9.17, 15) is 23.1 Å². The van der Waals surface area contributed by atoms with Crippen LogP contribution in [-0.4, -0.2) is 22.5 Å². The van der Waals surface area contributed by atoms with Gasteiger partial charge in [-0.2, -0.15) is 13.2 Å². The Kier molecular flexibility index (Phi) is 7.51. The molecule has 0 aromatic heterocycles. The van der Waals surface area contributed by atoms with Crippen LogP contribution in [0, 0.1) is 12.8 Å². The van der Waals surface area contributed by atoms with Gasteiger partial charge in [0.1, 0.15) is 0 Å². The standard InChI is InChI=1S/C28H31ClF3NO2/c1-3-5-25(18-8-10-20(11-9-18)28(30,31)32)33-16-24(22-13-12-21(29)14-17(22)2)23-7-4-6-19(27(23)33)15-26(34)35/h8-14,19,24-25H,3-7,15-16H2,1-2H3,(H,34,35). The molecule has 1 aliphatic heterocycles. The number of hydrogen-bond donors (Lipinski definition) is 1. The predicted octanol–water partition coefficient (Wildman–Crippen LogP) is 8.14. The Bertz CT molecular complexity index is 1110. The van der Waals surface area contributed by atoms with E-state index in [2.05, 4.69) is 17.9 Å². The zero-order chi connectivity index (χ0) is 25.3. The fraction of sp³-hybridized carbons (Fsp3) is 0.464. The van der Waals surface area contributed by atoms with Gasteiger partial charge in [-0.25, -0.2) is 0 Å². The van der Waals surface area contributed by atoms with Gasteiger partial charge in [0.05, 0.1) is 18.0 Å². The number of carbonyl (C=O) groups is 1. The van der Waals surface area contributed by atoms with Gasteiger partial charge in [-0.1, -0.05) is 43.1 Å². The molecule has 2 aromatic rings. The number of benzene rings is 2. The molecule has 4 rings (SSSR count). The number of alkyl halides is 3. The van der Waals surface area contributed by atoms with Crippen molar-refractivity contribution in [1.29, 1.82) is 0 Å². The monoisotopic (exact) mass is 505 g/mol. The largest absolute Gasteiger partial charge is 0.481 e. The van der Waals surface area contributed by atoms with Gasteiger partial charge in [0.2, 0.25) is 0 Å². The van der Waals surface area contributed by atoms with Crippen LogP contribution in [0.5, 0.6) is 0 Å². The average Bonchev–Trinajstić information content (AvgIpc) is 3.17.